The van der Waals surface area contributed by atoms with Crippen molar-refractivity contribution in [3.63, 3.8) is 0 Å². The van der Waals surface area contributed by atoms with Gasteiger partial charge in [-0.25, -0.2) is 4.79 Å². The maximum absolute atomic E-state index is 11.3. The molecular formula is C16H22N2O3. The van der Waals surface area contributed by atoms with Crippen LogP contribution in [0, 0.1) is 5.92 Å². The Kier molecular flexibility index (Phi) is 5.33. The van der Waals surface area contributed by atoms with E-state index in [0.717, 1.165) is 37.8 Å². The standard InChI is InChI=1S/C16H22N2O3/c1-21-16(20)12-7-5-11(6-8-12)10-18-14-4-2-3-13(9-14)15(17)19/h5-8,13-14,18H,2-4,9-10H2,1H3,(H2,17,19). The number of primary amides is 1. The molecule has 1 amide bonds. The summed E-state index contributed by atoms with van der Waals surface area (Å²) < 4.78 is 4.67. The van der Waals surface area contributed by atoms with Crippen LogP contribution in [0.15, 0.2) is 24.3 Å². The van der Waals surface area contributed by atoms with Crippen molar-refractivity contribution < 1.29 is 14.3 Å². The molecule has 1 aliphatic rings. The van der Waals surface area contributed by atoms with Gasteiger partial charge in [0.05, 0.1) is 12.7 Å². The van der Waals surface area contributed by atoms with E-state index >= 15 is 0 Å². The number of amides is 1. The fourth-order valence-electron chi connectivity index (χ4n) is 2.77. The number of hydrogen-bond acceptors (Lipinski definition) is 4. The van der Waals surface area contributed by atoms with Gasteiger partial charge in [0.2, 0.25) is 5.91 Å². The summed E-state index contributed by atoms with van der Waals surface area (Å²) in [5.41, 5.74) is 7.03. The molecule has 0 spiro atoms. The molecule has 21 heavy (non-hydrogen) atoms. The maximum atomic E-state index is 11.3. The third kappa shape index (κ3) is 4.29. The lowest BCUT2D eigenvalue weighted by Crippen LogP contribution is -2.38. The molecule has 2 rings (SSSR count). The predicted molar refractivity (Wildman–Crippen MR) is 79.6 cm³/mol. The van der Waals surface area contributed by atoms with Gasteiger partial charge in [-0.05, 0) is 37.0 Å². The molecule has 2 unspecified atom stereocenters. The molecule has 0 bridgehead atoms. The highest BCUT2D eigenvalue weighted by molar-refractivity contribution is 5.89. The number of ether oxygens (including phenoxy) is 1. The van der Waals surface area contributed by atoms with Gasteiger partial charge in [0.15, 0.2) is 0 Å². The number of benzene rings is 1. The highest BCUT2D eigenvalue weighted by atomic mass is 16.5. The zero-order valence-corrected chi connectivity index (χ0v) is 12.3. The van der Waals surface area contributed by atoms with Crippen LogP contribution in [0.3, 0.4) is 0 Å². The molecule has 0 aromatic heterocycles. The van der Waals surface area contributed by atoms with Crippen LogP contribution in [0.4, 0.5) is 0 Å². The van der Waals surface area contributed by atoms with E-state index in [0.29, 0.717) is 11.6 Å². The van der Waals surface area contributed by atoms with Crippen molar-refractivity contribution in [2.24, 2.45) is 11.7 Å². The van der Waals surface area contributed by atoms with Crippen molar-refractivity contribution in [3.05, 3.63) is 35.4 Å². The fraction of sp³-hybridized carbons (Fsp3) is 0.500. The van der Waals surface area contributed by atoms with Crippen molar-refractivity contribution in [2.45, 2.75) is 38.3 Å². The number of carbonyl (C=O) groups is 2. The molecule has 0 radical (unpaired) electrons. The summed E-state index contributed by atoms with van der Waals surface area (Å²) >= 11 is 0. The first-order valence-corrected chi connectivity index (χ1v) is 7.30. The average Bonchev–Trinajstić information content (AvgIpc) is 2.53. The lowest BCUT2D eigenvalue weighted by molar-refractivity contribution is -0.122. The number of hydrogen-bond donors (Lipinski definition) is 2. The zero-order chi connectivity index (χ0) is 15.2. The highest BCUT2D eigenvalue weighted by Crippen LogP contribution is 2.24. The zero-order valence-electron chi connectivity index (χ0n) is 12.3. The normalized spacial score (nSPS) is 21.8. The summed E-state index contributed by atoms with van der Waals surface area (Å²) in [6.07, 6.45) is 3.83. The molecule has 3 N–H and O–H groups in total. The van der Waals surface area contributed by atoms with Crippen molar-refractivity contribution in [3.8, 4) is 0 Å². The van der Waals surface area contributed by atoms with E-state index in [1.807, 2.05) is 12.1 Å². The van der Waals surface area contributed by atoms with E-state index in [4.69, 9.17) is 5.73 Å². The number of esters is 1. The molecule has 1 fully saturated rings. The van der Waals surface area contributed by atoms with Gasteiger partial charge in [-0.3, -0.25) is 4.79 Å². The second-order valence-electron chi connectivity index (χ2n) is 5.53. The smallest absolute Gasteiger partial charge is 0.337 e. The second-order valence-corrected chi connectivity index (χ2v) is 5.53. The molecule has 0 aliphatic heterocycles. The van der Waals surface area contributed by atoms with E-state index in [2.05, 4.69) is 10.1 Å². The average molecular weight is 290 g/mol. The number of carbonyl (C=O) groups excluding carboxylic acids is 2. The number of nitrogens with one attached hydrogen (secondary N) is 1. The van der Waals surface area contributed by atoms with Crippen LogP contribution in [-0.4, -0.2) is 25.0 Å². The Morgan fingerprint density at radius 2 is 2.00 bits per heavy atom. The van der Waals surface area contributed by atoms with E-state index in [1.165, 1.54) is 7.11 Å². The molecule has 1 aromatic rings. The highest BCUT2D eigenvalue weighted by Gasteiger charge is 2.25. The Morgan fingerprint density at radius 3 is 2.62 bits per heavy atom. The molecule has 2 atom stereocenters. The molecule has 0 heterocycles. The van der Waals surface area contributed by atoms with Gasteiger partial charge >= 0.3 is 5.97 Å². The maximum Gasteiger partial charge on any atom is 0.337 e. The number of nitrogens with two attached hydrogens (primary N) is 1. The van der Waals surface area contributed by atoms with Crippen molar-refractivity contribution in [1.29, 1.82) is 0 Å². The van der Waals surface area contributed by atoms with Gasteiger partial charge in [-0.2, -0.15) is 0 Å². The minimum absolute atomic E-state index is 0.00190. The number of rotatable bonds is 5. The largest absolute Gasteiger partial charge is 0.465 e. The van der Waals surface area contributed by atoms with Gasteiger partial charge in [-0.15, -0.1) is 0 Å². The van der Waals surface area contributed by atoms with Crippen molar-refractivity contribution >= 4 is 11.9 Å². The second kappa shape index (κ2) is 7.22. The van der Waals surface area contributed by atoms with Gasteiger partial charge in [0.1, 0.15) is 0 Å². The SMILES string of the molecule is COC(=O)c1ccc(CNC2CCCC(C(N)=O)C2)cc1. The Bertz CT molecular complexity index is 499. The van der Waals surface area contributed by atoms with E-state index in [9.17, 15) is 9.59 Å². The van der Waals surface area contributed by atoms with Crippen LogP contribution in [0.1, 0.15) is 41.6 Å². The first-order valence-electron chi connectivity index (χ1n) is 7.30. The summed E-state index contributed by atoms with van der Waals surface area (Å²) in [5.74, 6) is -0.520. The van der Waals surface area contributed by atoms with Gasteiger partial charge in [-0.1, -0.05) is 18.6 Å². The lowest BCUT2D eigenvalue weighted by Gasteiger charge is -2.28. The molecule has 5 nitrogen and oxygen atoms in total. The van der Waals surface area contributed by atoms with Gasteiger partial charge in [0, 0.05) is 18.5 Å². The van der Waals surface area contributed by atoms with Gasteiger partial charge < -0.3 is 15.8 Å². The molecule has 1 aliphatic carbocycles. The topological polar surface area (TPSA) is 81.4 Å². The molecular weight excluding hydrogens is 268 g/mol. The quantitative estimate of drug-likeness (QED) is 0.807. The Labute approximate surface area is 124 Å². The fourth-order valence-corrected chi connectivity index (χ4v) is 2.77. The first-order chi connectivity index (χ1) is 10.1. The third-order valence-corrected chi connectivity index (χ3v) is 4.05. The lowest BCUT2D eigenvalue weighted by atomic mass is 9.85. The number of methoxy groups -OCH3 is 1. The van der Waals surface area contributed by atoms with Crippen LogP contribution in [-0.2, 0) is 16.1 Å². The summed E-state index contributed by atoms with van der Waals surface area (Å²) in [7, 11) is 1.37. The first kappa shape index (κ1) is 15.5. The van der Waals surface area contributed by atoms with Crippen LogP contribution < -0.4 is 11.1 Å². The van der Waals surface area contributed by atoms with Crippen LogP contribution in [0.25, 0.3) is 0 Å². The van der Waals surface area contributed by atoms with Crippen LogP contribution in [0.5, 0.6) is 0 Å². The minimum Gasteiger partial charge on any atom is -0.465 e. The van der Waals surface area contributed by atoms with Crippen LogP contribution >= 0.6 is 0 Å². The summed E-state index contributed by atoms with van der Waals surface area (Å²) in [6, 6.07) is 7.67. The Morgan fingerprint density at radius 1 is 1.29 bits per heavy atom. The predicted octanol–water partition coefficient (Wildman–Crippen LogP) is 1.61. The minimum atomic E-state index is -0.328. The van der Waals surface area contributed by atoms with Gasteiger partial charge in [0.25, 0.3) is 0 Å². The molecule has 0 saturated heterocycles. The monoisotopic (exact) mass is 290 g/mol. The Hall–Kier alpha value is -1.88. The molecule has 1 aromatic carbocycles. The summed E-state index contributed by atoms with van der Waals surface area (Å²) in [6.45, 7) is 0.720. The molecule has 114 valence electrons. The summed E-state index contributed by atoms with van der Waals surface area (Å²) in [4.78, 5) is 22.6. The van der Waals surface area contributed by atoms with E-state index in [-0.39, 0.29) is 17.8 Å². The van der Waals surface area contributed by atoms with Crippen molar-refractivity contribution in [2.75, 3.05) is 7.11 Å². The molecule has 1 saturated carbocycles. The van der Waals surface area contributed by atoms with E-state index in [1.54, 1.807) is 12.1 Å². The van der Waals surface area contributed by atoms with Crippen molar-refractivity contribution in [1.82, 2.24) is 5.32 Å². The molecule has 5 heteroatoms. The third-order valence-electron chi connectivity index (χ3n) is 4.05. The van der Waals surface area contributed by atoms with Crippen LogP contribution in [0.2, 0.25) is 0 Å². The Balaban J connectivity index is 1.85. The van der Waals surface area contributed by atoms with E-state index < -0.39 is 0 Å². The summed E-state index contributed by atoms with van der Waals surface area (Å²) in [5, 5.41) is 3.46.